The molecule has 9 heteroatoms. The van der Waals surface area contributed by atoms with Crippen LogP contribution in [0.4, 0.5) is 26.3 Å². The fraction of sp³-hybridized carbons (Fsp3) is 0.235. The number of hydrogen-bond acceptors (Lipinski definition) is 2. The molecular weight excluding hydrogens is 364 g/mol. The zero-order chi connectivity index (χ0) is 19.5. The van der Waals surface area contributed by atoms with E-state index < -0.39 is 35.7 Å². The molecule has 140 valence electrons. The number of nitrogens with two attached hydrogens (primary N) is 1. The van der Waals surface area contributed by atoms with E-state index in [1.54, 1.807) is 0 Å². The summed E-state index contributed by atoms with van der Waals surface area (Å²) in [6.45, 7) is 0. The van der Waals surface area contributed by atoms with Crippen LogP contribution >= 0.6 is 0 Å². The summed E-state index contributed by atoms with van der Waals surface area (Å²) in [6, 6.07) is 8.86. The fourth-order valence-electron chi connectivity index (χ4n) is 2.38. The highest BCUT2D eigenvalue weighted by Crippen LogP contribution is 2.32. The van der Waals surface area contributed by atoms with Gasteiger partial charge in [-0.15, -0.1) is 13.2 Å². The second-order valence-electron chi connectivity index (χ2n) is 5.47. The maximum Gasteiger partial charge on any atom is 0.573 e. The van der Waals surface area contributed by atoms with Crippen molar-refractivity contribution in [1.82, 2.24) is 0 Å². The second-order valence-corrected chi connectivity index (χ2v) is 5.47. The molecule has 2 N–H and O–H groups in total. The predicted octanol–water partition coefficient (Wildman–Crippen LogP) is 4.42. The van der Waals surface area contributed by atoms with Crippen molar-refractivity contribution in [2.24, 2.45) is 5.73 Å². The molecule has 26 heavy (non-hydrogen) atoms. The minimum absolute atomic E-state index is 0.0665. The van der Waals surface area contributed by atoms with E-state index in [0.717, 1.165) is 30.3 Å². The first kappa shape index (κ1) is 19.6. The molecule has 2 aromatic rings. The molecule has 0 aliphatic rings. The Bertz CT molecular complexity index is 768. The van der Waals surface area contributed by atoms with Crippen LogP contribution in [0.3, 0.4) is 0 Å². The summed E-state index contributed by atoms with van der Waals surface area (Å²) < 4.78 is 78.6. The first-order valence-corrected chi connectivity index (χ1v) is 7.27. The Hall–Kier alpha value is -2.71. The monoisotopic (exact) mass is 377 g/mol. The van der Waals surface area contributed by atoms with Gasteiger partial charge < -0.3 is 10.5 Å². The summed E-state index contributed by atoms with van der Waals surface area (Å²) in [5.41, 5.74) is 4.86. The van der Waals surface area contributed by atoms with E-state index in [9.17, 15) is 31.1 Å². The zero-order valence-electron chi connectivity index (χ0n) is 13.1. The van der Waals surface area contributed by atoms with Crippen LogP contribution in [0.15, 0.2) is 48.5 Å². The van der Waals surface area contributed by atoms with E-state index in [1.165, 1.54) is 18.2 Å². The molecule has 1 amide bonds. The molecule has 2 aromatic carbocycles. The van der Waals surface area contributed by atoms with Gasteiger partial charge >= 0.3 is 12.5 Å². The smallest absolute Gasteiger partial charge is 0.406 e. The Kier molecular flexibility index (Phi) is 5.48. The number of halogens is 6. The van der Waals surface area contributed by atoms with Gasteiger partial charge in [-0.05, 0) is 35.7 Å². The van der Waals surface area contributed by atoms with Crippen LogP contribution < -0.4 is 10.5 Å². The van der Waals surface area contributed by atoms with Gasteiger partial charge in [0.15, 0.2) is 0 Å². The molecule has 0 aliphatic heterocycles. The highest BCUT2D eigenvalue weighted by Gasteiger charge is 2.32. The van der Waals surface area contributed by atoms with Crippen LogP contribution in [0.1, 0.15) is 22.6 Å². The number of amides is 1. The molecule has 1 atom stereocenters. The Labute approximate surface area is 144 Å². The second kappa shape index (κ2) is 7.27. The minimum atomic E-state index is -4.84. The lowest BCUT2D eigenvalue weighted by Gasteiger charge is -2.16. The maximum atomic E-state index is 12.8. The average Bonchev–Trinajstić information content (AvgIpc) is 2.51. The molecule has 0 spiro atoms. The number of primary amides is 1. The molecule has 0 radical (unpaired) electrons. The summed E-state index contributed by atoms with van der Waals surface area (Å²) >= 11 is 0. The Morgan fingerprint density at radius 1 is 1.00 bits per heavy atom. The van der Waals surface area contributed by atoms with Gasteiger partial charge in [0.2, 0.25) is 5.91 Å². The number of carbonyl (C=O) groups excluding carboxylic acids is 1. The van der Waals surface area contributed by atoms with Crippen LogP contribution in [0.25, 0.3) is 0 Å². The van der Waals surface area contributed by atoms with E-state index in [4.69, 9.17) is 5.73 Å². The van der Waals surface area contributed by atoms with Gasteiger partial charge in [-0.25, -0.2) is 0 Å². The number of benzene rings is 2. The summed E-state index contributed by atoms with van der Waals surface area (Å²) in [7, 11) is 0. The highest BCUT2D eigenvalue weighted by atomic mass is 19.4. The van der Waals surface area contributed by atoms with Crippen molar-refractivity contribution < 1.29 is 35.9 Å². The van der Waals surface area contributed by atoms with Crippen LogP contribution in [-0.4, -0.2) is 12.3 Å². The standard InChI is InChI=1S/C17H13F6NO2/c18-16(19,20)12-3-1-2-11(9-12)14(15(24)25)8-10-4-6-13(7-5-10)26-17(21,22)23/h1-7,9,14H,8H2,(H2,24,25). The molecular formula is C17H13F6NO2. The number of hydrogen-bond donors (Lipinski definition) is 1. The molecule has 0 saturated carbocycles. The van der Waals surface area contributed by atoms with Crippen molar-refractivity contribution in [1.29, 1.82) is 0 Å². The zero-order valence-corrected chi connectivity index (χ0v) is 13.1. The van der Waals surface area contributed by atoms with Crippen molar-refractivity contribution in [2.45, 2.75) is 24.9 Å². The summed E-state index contributed by atoms with van der Waals surface area (Å²) in [5.74, 6) is -2.36. The number of alkyl halides is 6. The molecule has 0 fully saturated rings. The Morgan fingerprint density at radius 2 is 1.62 bits per heavy atom. The fourth-order valence-corrected chi connectivity index (χ4v) is 2.38. The van der Waals surface area contributed by atoms with Gasteiger partial charge in [-0.3, -0.25) is 4.79 Å². The lowest BCUT2D eigenvalue weighted by molar-refractivity contribution is -0.274. The Balaban J connectivity index is 2.23. The number of ether oxygens (including phenoxy) is 1. The SMILES string of the molecule is NC(=O)C(Cc1ccc(OC(F)(F)F)cc1)c1cccc(C(F)(F)F)c1. The normalized spacial score (nSPS) is 13.3. The quantitative estimate of drug-likeness (QED) is 0.785. The van der Waals surface area contributed by atoms with Crippen LogP contribution in [0.5, 0.6) is 5.75 Å². The topological polar surface area (TPSA) is 52.3 Å². The largest absolute Gasteiger partial charge is 0.573 e. The van der Waals surface area contributed by atoms with E-state index in [1.807, 2.05) is 0 Å². The molecule has 0 bridgehead atoms. The van der Waals surface area contributed by atoms with Crippen LogP contribution in [0, 0.1) is 0 Å². The lowest BCUT2D eigenvalue weighted by atomic mass is 9.90. The average molecular weight is 377 g/mol. The molecule has 0 heterocycles. The van der Waals surface area contributed by atoms with Crippen molar-refractivity contribution in [3.8, 4) is 5.75 Å². The molecule has 1 unspecified atom stereocenters. The molecule has 0 saturated heterocycles. The van der Waals surface area contributed by atoms with Crippen molar-refractivity contribution in [2.75, 3.05) is 0 Å². The number of carbonyl (C=O) groups is 1. The third kappa shape index (κ3) is 5.40. The van der Waals surface area contributed by atoms with E-state index in [0.29, 0.717) is 5.56 Å². The maximum absolute atomic E-state index is 12.8. The van der Waals surface area contributed by atoms with Gasteiger partial charge in [0, 0.05) is 0 Å². The van der Waals surface area contributed by atoms with Crippen LogP contribution in [0.2, 0.25) is 0 Å². The van der Waals surface area contributed by atoms with Crippen LogP contribution in [-0.2, 0) is 17.4 Å². The molecule has 0 aliphatic carbocycles. The third-order valence-electron chi connectivity index (χ3n) is 3.56. The summed E-state index contributed by atoms with van der Waals surface area (Å²) in [6.07, 6.45) is -9.48. The van der Waals surface area contributed by atoms with Crippen molar-refractivity contribution in [3.63, 3.8) is 0 Å². The number of rotatable bonds is 5. The van der Waals surface area contributed by atoms with E-state index in [-0.39, 0.29) is 12.0 Å². The van der Waals surface area contributed by atoms with Gasteiger partial charge in [0.25, 0.3) is 0 Å². The summed E-state index contributed by atoms with van der Waals surface area (Å²) in [4.78, 5) is 11.7. The molecule has 0 aromatic heterocycles. The first-order valence-electron chi connectivity index (χ1n) is 7.27. The van der Waals surface area contributed by atoms with Gasteiger partial charge in [-0.1, -0.05) is 30.3 Å². The van der Waals surface area contributed by atoms with Gasteiger partial charge in [0.05, 0.1) is 11.5 Å². The van der Waals surface area contributed by atoms with E-state index >= 15 is 0 Å². The lowest BCUT2D eigenvalue weighted by Crippen LogP contribution is -2.23. The minimum Gasteiger partial charge on any atom is -0.406 e. The van der Waals surface area contributed by atoms with E-state index in [2.05, 4.69) is 4.74 Å². The molecule has 2 rings (SSSR count). The predicted molar refractivity (Wildman–Crippen MR) is 80.2 cm³/mol. The van der Waals surface area contributed by atoms with Crippen molar-refractivity contribution in [3.05, 3.63) is 65.2 Å². The first-order chi connectivity index (χ1) is 12.0. The van der Waals surface area contributed by atoms with Crippen molar-refractivity contribution >= 4 is 5.91 Å². The molecule has 3 nitrogen and oxygen atoms in total. The van der Waals surface area contributed by atoms with Gasteiger partial charge in [-0.2, -0.15) is 13.2 Å². The third-order valence-corrected chi connectivity index (χ3v) is 3.56. The van der Waals surface area contributed by atoms with Gasteiger partial charge in [0.1, 0.15) is 5.75 Å². The Morgan fingerprint density at radius 3 is 2.12 bits per heavy atom. The highest BCUT2D eigenvalue weighted by molar-refractivity contribution is 5.82. The summed E-state index contributed by atoms with van der Waals surface area (Å²) in [5, 5.41) is 0.